The maximum absolute atomic E-state index is 3.60. The maximum Gasteiger partial charge on any atom is 0.00472 e. The van der Waals surface area contributed by atoms with Crippen molar-refractivity contribution in [1.29, 1.82) is 0 Å². The summed E-state index contributed by atoms with van der Waals surface area (Å²) in [4.78, 5) is 5.09. The normalized spacial score (nSPS) is 27.5. The van der Waals surface area contributed by atoms with Crippen molar-refractivity contribution < 1.29 is 0 Å². The predicted molar refractivity (Wildman–Crippen MR) is 82.5 cm³/mol. The van der Waals surface area contributed by atoms with E-state index in [4.69, 9.17) is 0 Å². The Morgan fingerprint density at radius 2 is 2.05 bits per heavy atom. The highest BCUT2D eigenvalue weighted by molar-refractivity contribution is 4.89. The predicted octanol–water partition coefficient (Wildman–Crippen LogP) is 2.04. The van der Waals surface area contributed by atoms with Crippen molar-refractivity contribution in [3.63, 3.8) is 0 Å². The number of likely N-dealkylation sites (tertiary alicyclic amines) is 1. The first kappa shape index (κ1) is 15.3. The molecule has 0 aromatic heterocycles. The number of nitrogens with one attached hydrogen (secondary N) is 1. The molecule has 1 heterocycles. The lowest BCUT2D eigenvalue weighted by atomic mass is 9.85. The summed E-state index contributed by atoms with van der Waals surface area (Å²) in [5, 5.41) is 3.60. The first-order valence-corrected chi connectivity index (χ1v) is 8.21. The molecule has 1 saturated carbocycles. The Morgan fingerprint density at radius 1 is 1.32 bits per heavy atom. The average Bonchev–Trinajstić information content (AvgIpc) is 2.97. The molecular formula is C16H33N3. The smallest absolute Gasteiger partial charge is 0.00472 e. The molecule has 2 fully saturated rings. The van der Waals surface area contributed by atoms with Gasteiger partial charge in [-0.25, -0.2) is 0 Å². The van der Waals surface area contributed by atoms with E-state index in [1.165, 1.54) is 64.8 Å². The third-order valence-corrected chi connectivity index (χ3v) is 5.08. The number of nitrogens with zero attached hydrogens (tertiary/aromatic N) is 2. The molecule has 2 rings (SSSR count). The van der Waals surface area contributed by atoms with Crippen LogP contribution in [-0.4, -0.2) is 63.2 Å². The summed E-state index contributed by atoms with van der Waals surface area (Å²) in [6, 6.07) is 0. The van der Waals surface area contributed by atoms with Crippen LogP contribution < -0.4 is 5.32 Å². The molecule has 0 aromatic rings. The van der Waals surface area contributed by atoms with E-state index in [1.54, 1.807) is 0 Å². The second-order valence-electron chi connectivity index (χ2n) is 7.10. The van der Waals surface area contributed by atoms with E-state index in [9.17, 15) is 0 Å². The summed E-state index contributed by atoms with van der Waals surface area (Å²) >= 11 is 0. The van der Waals surface area contributed by atoms with E-state index in [0.29, 0.717) is 5.41 Å². The first-order chi connectivity index (χ1) is 9.13. The Morgan fingerprint density at radius 3 is 2.63 bits per heavy atom. The summed E-state index contributed by atoms with van der Waals surface area (Å²) < 4.78 is 0. The van der Waals surface area contributed by atoms with Gasteiger partial charge in [0.1, 0.15) is 0 Å². The molecule has 3 nitrogen and oxygen atoms in total. The van der Waals surface area contributed by atoms with E-state index in [0.717, 1.165) is 12.5 Å². The molecule has 0 radical (unpaired) electrons. The van der Waals surface area contributed by atoms with Gasteiger partial charge in [0.05, 0.1) is 0 Å². The summed E-state index contributed by atoms with van der Waals surface area (Å²) in [7, 11) is 4.59. The SMILES string of the molecule is CCNCC1(CN(C)CC2CCN(C)C2)CCCC1. The molecule has 0 bridgehead atoms. The fourth-order valence-electron chi connectivity index (χ4n) is 4.16. The van der Waals surface area contributed by atoms with Crippen LogP contribution in [-0.2, 0) is 0 Å². The van der Waals surface area contributed by atoms with Crippen molar-refractivity contribution in [2.24, 2.45) is 11.3 Å². The number of rotatable bonds is 7. The largest absolute Gasteiger partial charge is 0.316 e. The summed E-state index contributed by atoms with van der Waals surface area (Å²) in [6.45, 7) is 9.72. The molecule has 2 aliphatic rings. The highest BCUT2D eigenvalue weighted by Crippen LogP contribution is 2.38. The van der Waals surface area contributed by atoms with Gasteiger partial charge >= 0.3 is 0 Å². The van der Waals surface area contributed by atoms with Crippen molar-refractivity contribution in [1.82, 2.24) is 15.1 Å². The molecule has 1 unspecified atom stereocenters. The van der Waals surface area contributed by atoms with Gasteiger partial charge in [0, 0.05) is 26.2 Å². The first-order valence-electron chi connectivity index (χ1n) is 8.21. The van der Waals surface area contributed by atoms with Crippen LogP contribution in [0, 0.1) is 11.3 Å². The molecule has 1 aliphatic carbocycles. The Hall–Kier alpha value is -0.120. The van der Waals surface area contributed by atoms with Crippen LogP contribution >= 0.6 is 0 Å². The molecule has 1 saturated heterocycles. The van der Waals surface area contributed by atoms with Gasteiger partial charge in [-0.3, -0.25) is 0 Å². The third-order valence-electron chi connectivity index (χ3n) is 5.08. The fraction of sp³-hybridized carbons (Fsp3) is 1.00. The highest BCUT2D eigenvalue weighted by atomic mass is 15.2. The molecule has 1 aliphatic heterocycles. The van der Waals surface area contributed by atoms with Gasteiger partial charge in [-0.1, -0.05) is 19.8 Å². The van der Waals surface area contributed by atoms with Crippen LogP contribution in [0.15, 0.2) is 0 Å². The van der Waals surface area contributed by atoms with E-state index >= 15 is 0 Å². The second kappa shape index (κ2) is 7.05. The van der Waals surface area contributed by atoms with Gasteiger partial charge in [-0.2, -0.15) is 0 Å². The Kier molecular flexibility index (Phi) is 5.67. The van der Waals surface area contributed by atoms with Crippen LogP contribution in [0.4, 0.5) is 0 Å². The van der Waals surface area contributed by atoms with E-state index in [2.05, 4.69) is 36.1 Å². The molecule has 1 atom stereocenters. The standard InChI is InChI=1S/C16H33N3/c1-4-17-13-16(8-5-6-9-16)14-19(3)12-15-7-10-18(2)11-15/h15,17H,4-14H2,1-3H3. The molecular weight excluding hydrogens is 234 g/mol. The van der Waals surface area contributed by atoms with Crippen molar-refractivity contribution in [2.45, 2.75) is 39.0 Å². The molecule has 0 amide bonds. The summed E-state index contributed by atoms with van der Waals surface area (Å²) in [6.07, 6.45) is 7.11. The van der Waals surface area contributed by atoms with Gasteiger partial charge in [0.25, 0.3) is 0 Å². The third kappa shape index (κ3) is 4.44. The molecule has 1 N–H and O–H groups in total. The Bertz CT molecular complexity index is 261. The van der Waals surface area contributed by atoms with Crippen molar-refractivity contribution in [3.8, 4) is 0 Å². The van der Waals surface area contributed by atoms with Crippen molar-refractivity contribution >= 4 is 0 Å². The average molecular weight is 267 g/mol. The Labute approximate surface area is 119 Å². The lowest BCUT2D eigenvalue weighted by Crippen LogP contribution is -2.42. The van der Waals surface area contributed by atoms with Gasteiger partial charge in [-0.05, 0) is 57.8 Å². The lowest BCUT2D eigenvalue weighted by Gasteiger charge is -2.35. The highest BCUT2D eigenvalue weighted by Gasteiger charge is 2.35. The summed E-state index contributed by atoms with van der Waals surface area (Å²) in [5.74, 6) is 0.896. The van der Waals surface area contributed by atoms with Gasteiger partial charge < -0.3 is 15.1 Å². The van der Waals surface area contributed by atoms with Crippen molar-refractivity contribution in [3.05, 3.63) is 0 Å². The number of hydrogen-bond acceptors (Lipinski definition) is 3. The van der Waals surface area contributed by atoms with Crippen molar-refractivity contribution in [2.75, 3.05) is 53.4 Å². The topological polar surface area (TPSA) is 18.5 Å². The van der Waals surface area contributed by atoms with E-state index in [-0.39, 0.29) is 0 Å². The van der Waals surface area contributed by atoms with E-state index < -0.39 is 0 Å². The van der Waals surface area contributed by atoms with Crippen LogP contribution in [0.5, 0.6) is 0 Å². The molecule has 3 heteroatoms. The minimum Gasteiger partial charge on any atom is -0.316 e. The number of hydrogen-bond donors (Lipinski definition) is 1. The van der Waals surface area contributed by atoms with E-state index in [1.807, 2.05) is 0 Å². The van der Waals surface area contributed by atoms with Gasteiger partial charge in [0.15, 0.2) is 0 Å². The zero-order chi connectivity index (χ0) is 13.7. The van der Waals surface area contributed by atoms with Crippen LogP contribution in [0.2, 0.25) is 0 Å². The monoisotopic (exact) mass is 267 g/mol. The van der Waals surface area contributed by atoms with Crippen LogP contribution in [0.25, 0.3) is 0 Å². The molecule has 19 heavy (non-hydrogen) atoms. The second-order valence-corrected chi connectivity index (χ2v) is 7.10. The Balaban J connectivity index is 1.79. The summed E-state index contributed by atoms with van der Waals surface area (Å²) in [5.41, 5.74) is 0.565. The van der Waals surface area contributed by atoms with Gasteiger partial charge in [0.2, 0.25) is 0 Å². The zero-order valence-corrected chi connectivity index (χ0v) is 13.2. The lowest BCUT2D eigenvalue weighted by molar-refractivity contribution is 0.157. The fourth-order valence-corrected chi connectivity index (χ4v) is 4.16. The zero-order valence-electron chi connectivity index (χ0n) is 13.2. The minimum absolute atomic E-state index is 0.565. The van der Waals surface area contributed by atoms with Crippen LogP contribution in [0.1, 0.15) is 39.0 Å². The molecule has 0 aromatic carbocycles. The molecule has 112 valence electrons. The maximum atomic E-state index is 3.60. The molecule has 0 spiro atoms. The van der Waals surface area contributed by atoms with Gasteiger partial charge in [-0.15, -0.1) is 0 Å². The quantitative estimate of drug-likeness (QED) is 0.761. The van der Waals surface area contributed by atoms with Crippen LogP contribution in [0.3, 0.4) is 0 Å². The minimum atomic E-state index is 0.565.